The van der Waals surface area contributed by atoms with E-state index in [0.717, 1.165) is 42.8 Å². The normalized spacial score (nSPS) is 17.8. The van der Waals surface area contributed by atoms with Crippen molar-refractivity contribution in [2.24, 2.45) is 0 Å². The van der Waals surface area contributed by atoms with Crippen LogP contribution in [0.15, 0.2) is 66.9 Å². The minimum Gasteiger partial charge on any atom is -0.489 e. The Hall–Kier alpha value is -3.61. The SMILES string of the molecule is CN(C)c1ccnc(N[C@H]2CC[C@@H](NC(=O)c3ccccc3COc3ccccc3)CC2)n1. The molecule has 1 fully saturated rings. The van der Waals surface area contributed by atoms with Gasteiger partial charge in [-0.1, -0.05) is 36.4 Å². The van der Waals surface area contributed by atoms with Crippen molar-refractivity contribution in [1.82, 2.24) is 15.3 Å². The summed E-state index contributed by atoms with van der Waals surface area (Å²) in [5, 5.41) is 6.67. The lowest BCUT2D eigenvalue weighted by atomic mass is 9.91. The fourth-order valence-corrected chi connectivity index (χ4v) is 4.04. The van der Waals surface area contributed by atoms with E-state index in [2.05, 4.69) is 20.6 Å². The van der Waals surface area contributed by atoms with E-state index in [1.165, 1.54) is 0 Å². The number of benzene rings is 2. The lowest BCUT2D eigenvalue weighted by Gasteiger charge is -2.30. The number of carbonyl (C=O) groups is 1. The average Bonchev–Trinajstić information content (AvgIpc) is 2.85. The van der Waals surface area contributed by atoms with E-state index in [1.807, 2.05) is 79.7 Å². The first-order chi connectivity index (χ1) is 16.1. The zero-order chi connectivity index (χ0) is 23.0. The molecule has 0 radical (unpaired) electrons. The predicted molar refractivity (Wildman–Crippen MR) is 131 cm³/mol. The highest BCUT2D eigenvalue weighted by Crippen LogP contribution is 2.23. The van der Waals surface area contributed by atoms with Gasteiger partial charge in [0.25, 0.3) is 5.91 Å². The second-order valence-corrected chi connectivity index (χ2v) is 8.56. The van der Waals surface area contributed by atoms with Crippen LogP contribution in [0, 0.1) is 0 Å². The lowest BCUT2D eigenvalue weighted by Crippen LogP contribution is -2.40. The monoisotopic (exact) mass is 445 g/mol. The number of nitrogens with zero attached hydrogens (tertiary/aromatic N) is 3. The molecule has 1 saturated carbocycles. The maximum Gasteiger partial charge on any atom is 0.251 e. The Kier molecular flexibility index (Phi) is 7.40. The number of nitrogens with one attached hydrogen (secondary N) is 2. The van der Waals surface area contributed by atoms with Crippen LogP contribution in [0.4, 0.5) is 11.8 Å². The first-order valence-electron chi connectivity index (χ1n) is 11.4. The van der Waals surface area contributed by atoms with Crippen molar-refractivity contribution in [2.45, 2.75) is 44.4 Å². The molecule has 0 bridgehead atoms. The highest BCUT2D eigenvalue weighted by molar-refractivity contribution is 5.95. The summed E-state index contributed by atoms with van der Waals surface area (Å²) >= 11 is 0. The molecule has 0 unspecified atom stereocenters. The van der Waals surface area contributed by atoms with Gasteiger partial charge in [0.05, 0.1) is 0 Å². The fraction of sp³-hybridized carbons (Fsp3) is 0.346. The molecule has 1 amide bonds. The maximum absolute atomic E-state index is 13.0. The third kappa shape index (κ3) is 6.22. The van der Waals surface area contributed by atoms with E-state index >= 15 is 0 Å². The summed E-state index contributed by atoms with van der Waals surface area (Å²) in [4.78, 5) is 23.9. The fourth-order valence-electron chi connectivity index (χ4n) is 4.04. The van der Waals surface area contributed by atoms with Gasteiger partial charge in [-0.2, -0.15) is 4.98 Å². The molecule has 0 aliphatic heterocycles. The zero-order valence-corrected chi connectivity index (χ0v) is 19.2. The third-order valence-corrected chi connectivity index (χ3v) is 5.89. The van der Waals surface area contributed by atoms with E-state index in [1.54, 1.807) is 6.20 Å². The number of aromatic nitrogens is 2. The Balaban J connectivity index is 1.29. The number of para-hydroxylation sites is 1. The van der Waals surface area contributed by atoms with Gasteiger partial charge in [-0.25, -0.2) is 4.98 Å². The number of carbonyl (C=O) groups excluding carboxylic acids is 1. The van der Waals surface area contributed by atoms with Crippen LogP contribution in [0.3, 0.4) is 0 Å². The summed E-state index contributed by atoms with van der Waals surface area (Å²) < 4.78 is 5.86. The van der Waals surface area contributed by atoms with Crippen LogP contribution in [0.25, 0.3) is 0 Å². The lowest BCUT2D eigenvalue weighted by molar-refractivity contribution is 0.0924. The van der Waals surface area contributed by atoms with Gasteiger partial charge in [0.1, 0.15) is 18.2 Å². The van der Waals surface area contributed by atoms with Crippen molar-refractivity contribution < 1.29 is 9.53 Å². The Bertz CT molecular complexity index is 1050. The van der Waals surface area contributed by atoms with Gasteiger partial charge in [-0.05, 0) is 49.9 Å². The molecule has 7 heteroatoms. The molecule has 7 nitrogen and oxygen atoms in total. The molecule has 0 saturated heterocycles. The molecule has 2 N–H and O–H groups in total. The van der Waals surface area contributed by atoms with Crippen LogP contribution in [-0.4, -0.2) is 42.1 Å². The van der Waals surface area contributed by atoms with E-state index in [9.17, 15) is 4.79 Å². The smallest absolute Gasteiger partial charge is 0.251 e. The number of ether oxygens (including phenoxy) is 1. The van der Waals surface area contributed by atoms with E-state index in [-0.39, 0.29) is 11.9 Å². The van der Waals surface area contributed by atoms with E-state index < -0.39 is 0 Å². The molecular formula is C26H31N5O2. The van der Waals surface area contributed by atoms with Gasteiger partial charge in [-0.15, -0.1) is 0 Å². The van der Waals surface area contributed by atoms with Gasteiger partial charge >= 0.3 is 0 Å². The van der Waals surface area contributed by atoms with Gasteiger partial charge in [0, 0.05) is 43.5 Å². The van der Waals surface area contributed by atoms with Gasteiger partial charge in [0.15, 0.2) is 0 Å². The molecule has 1 aromatic heterocycles. The summed E-state index contributed by atoms with van der Waals surface area (Å²) in [6.45, 7) is 0.357. The van der Waals surface area contributed by atoms with Gasteiger partial charge in [-0.3, -0.25) is 4.79 Å². The number of hydrogen-bond acceptors (Lipinski definition) is 6. The van der Waals surface area contributed by atoms with Crippen molar-refractivity contribution in [3.05, 3.63) is 78.0 Å². The standard InChI is InChI=1S/C26H31N5O2/c1-31(2)24-16-17-27-26(30-24)29-21-14-12-20(13-15-21)28-25(32)23-11-7-6-8-19(23)18-33-22-9-4-3-5-10-22/h3-11,16-17,20-21H,12-15,18H2,1-2H3,(H,28,32)(H,27,29,30)/t20-,21+. The summed E-state index contributed by atoms with van der Waals surface area (Å²) in [6.07, 6.45) is 5.52. The van der Waals surface area contributed by atoms with Crippen LogP contribution in [0.2, 0.25) is 0 Å². The third-order valence-electron chi connectivity index (χ3n) is 5.89. The Morgan fingerprint density at radius 2 is 1.67 bits per heavy atom. The Labute approximate surface area is 195 Å². The van der Waals surface area contributed by atoms with Crippen molar-refractivity contribution in [2.75, 3.05) is 24.3 Å². The van der Waals surface area contributed by atoms with Crippen LogP contribution in [-0.2, 0) is 6.61 Å². The minimum atomic E-state index is -0.0410. The van der Waals surface area contributed by atoms with Gasteiger partial charge < -0.3 is 20.3 Å². The molecule has 3 aromatic rings. The molecular weight excluding hydrogens is 414 g/mol. The first kappa shape index (κ1) is 22.6. The van der Waals surface area contributed by atoms with Crippen LogP contribution >= 0.6 is 0 Å². The average molecular weight is 446 g/mol. The second kappa shape index (κ2) is 10.8. The zero-order valence-electron chi connectivity index (χ0n) is 19.2. The van der Waals surface area contributed by atoms with E-state index in [0.29, 0.717) is 24.2 Å². The van der Waals surface area contributed by atoms with Gasteiger partial charge in [0.2, 0.25) is 5.95 Å². The quantitative estimate of drug-likeness (QED) is 0.539. The molecule has 4 rings (SSSR count). The predicted octanol–water partition coefficient (Wildman–Crippen LogP) is 4.27. The number of amides is 1. The maximum atomic E-state index is 13.0. The molecule has 1 aliphatic rings. The van der Waals surface area contributed by atoms with E-state index in [4.69, 9.17) is 4.74 Å². The summed E-state index contributed by atoms with van der Waals surface area (Å²) in [7, 11) is 3.93. The Morgan fingerprint density at radius 1 is 0.970 bits per heavy atom. The van der Waals surface area contributed by atoms with Crippen LogP contribution < -0.4 is 20.3 Å². The van der Waals surface area contributed by atoms with Crippen molar-refractivity contribution >= 4 is 17.7 Å². The molecule has 0 atom stereocenters. The number of rotatable bonds is 8. The van der Waals surface area contributed by atoms with Crippen molar-refractivity contribution in [3.8, 4) is 5.75 Å². The highest BCUT2D eigenvalue weighted by Gasteiger charge is 2.24. The number of anilines is 2. The topological polar surface area (TPSA) is 79.4 Å². The molecule has 1 aliphatic carbocycles. The largest absolute Gasteiger partial charge is 0.489 e. The van der Waals surface area contributed by atoms with Crippen molar-refractivity contribution in [3.63, 3.8) is 0 Å². The number of hydrogen-bond donors (Lipinski definition) is 2. The first-order valence-corrected chi connectivity index (χ1v) is 11.4. The van der Waals surface area contributed by atoms with Crippen LogP contribution in [0.1, 0.15) is 41.6 Å². The molecule has 2 aromatic carbocycles. The summed E-state index contributed by atoms with van der Waals surface area (Å²) in [5.41, 5.74) is 1.55. The molecule has 33 heavy (non-hydrogen) atoms. The molecule has 0 spiro atoms. The van der Waals surface area contributed by atoms with Crippen molar-refractivity contribution in [1.29, 1.82) is 0 Å². The molecule has 1 heterocycles. The second-order valence-electron chi connectivity index (χ2n) is 8.56. The highest BCUT2D eigenvalue weighted by atomic mass is 16.5. The minimum absolute atomic E-state index is 0.0410. The van der Waals surface area contributed by atoms with Crippen LogP contribution in [0.5, 0.6) is 5.75 Å². The summed E-state index contributed by atoms with van der Waals surface area (Å²) in [5.74, 6) is 2.28. The summed E-state index contributed by atoms with van der Waals surface area (Å²) in [6, 6.07) is 19.6. The molecule has 172 valence electrons. The Morgan fingerprint density at radius 3 is 2.42 bits per heavy atom.